The van der Waals surface area contributed by atoms with E-state index in [4.69, 9.17) is 0 Å². The Morgan fingerprint density at radius 3 is 2.55 bits per heavy atom. The third kappa shape index (κ3) is 2.62. The molecule has 1 fully saturated rings. The molecular formula is C16H19BrN2O. The molecule has 0 radical (unpaired) electrons. The quantitative estimate of drug-likeness (QED) is 0.906. The first-order valence-corrected chi connectivity index (χ1v) is 7.98. The van der Waals surface area contributed by atoms with Crippen LogP contribution in [0, 0.1) is 6.92 Å². The molecule has 0 amide bonds. The molecule has 0 bridgehead atoms. The highest BCUT2D eigenvalue weighted by Crippen LogP contribution is 2.35. The smallest absolute Gasteiger partial charge is 0.281 e. The number of nitrogens with zero attached hydrogens (tertiary/aromatic N) is 1. The van der Waals surface area contributed by atoms with Gasteiger partial charge in [0.2, 0.25) is 0 Å². The Balaban J connectivity index is 1.88. The molecule has 0 unspecified atom stereocenters. The molecular weight excluding hydrogens is 316 g/mol. The van der Waals surface area contributed by atoms with E-state index in [1.807, 2.05) is 0 Å². The fourth-order valence-corrected chi connectivity index (χ4v) is 3.58. The van der Waals surface area contributed by atoms with Crippen LogP contribution in [0.25, 0.3) is 0 Å². The van der Waals surface area contributed by atoms with Crippen molar-refractivity contribution < 1.29 is 0 Å². The molecule has 0 atom stereocenters. The molecule has 1 N–H and O–H groups in total. The van der Waals surface area contributed by atoms with E-state index in [-0.39, 0.29) is 5.56 Å². The fourth-order valence-electron chi connectivity index (χ4n) is 2.95. The van der Waals surface area contributed by atoms with E-state index in [9.17, 15) is 4.79 Å². The number of hydrogen-bond acceptors (Lipinski definition) is 1. The number of aromatic nitrogens is 2. The Morgan fingerprint density at radius 1 is 1.25 bits per heavy atom. The minimum Gasteiger partial charge on any atom is -0.298 e. The molecule has 1 aliphatic carbocycles. The Hall–Kier alpha value is -1.29. The summed E-state index contributed by atoms with van der Waals surface area (Å²) in [4.78, 5) is 12.3. The number of halogens is 1. The fraction of sp³-hybridized carbons (Fsp3) is 0.438. The van der Waals surface area contributed by atoms with Gasteiger partial charge < -0.3 is 0 Å². The van der Waals surface area contributed by atoms with E-state index in [1.54, 1.807) is 4.68 Å². The highest BCUT2D eigenvalue weighted by Gasteiger charge is 2.23. The van der Waals surface area contributed by atoms with Gasteiger partial charge in [-0.3, -0.25) is 9.89 Å². The van der Waals surface area contributed by atoms with Gasteiger partial charge in [0.25, 0.3) is 5.56 Å². The summed E-state index contributed by atoms with van der Waals surface area (Å²) < 4.78 is 2.43. The Kier molecular flexibility index (Phi) is 3.83. The van der Waals surface area contributed by atoms with Gasteiger partial charge in [-0.1, -0.05) is 42.7 Å². The zero-order valence-electron chi connectivity index (χ0n) is 11.7. The molecule has 106 valence electrons. The zero-order chi connectivity index (χ0) is 14.1. The maximum absolute atomic E-state index is 12.3. The average Bonchev–Trinajstić information content (AvgIpc) is 3.05. The van der Waals surface area contributed by atoms with E-state index in [1.165, 1.54) is 31.2 Å². The molecule has 0 spiro atoms. The minimum atomic E-state index is 0.0486. The highest BCUT2D eigenvalue weighted by molar-refractivity contribution is 9.10. The number of hydrogen-bond donors (Lipinski definition) is 1. The van der Waals surface area contributed by atoms with Crippen LogP contribution in [0.4, 0.5) is 0 Å². The molecule has 4 heteroatoms. The highest BCUT2D eigenvalue weighted by atomic mass is 79.9. The van der Waals surface area contributed by atoms with Crippen molar-refractivity contribution in [3.63, 3.8) is 0 Å². The number of nitrogens with one attached hydrogen (secondary N) is 1. The van der Waals surface area contributed by atoms with Crippen LogP contribution in [0.5, 0.6) is 0 Å². The van der Waals surface area contributed by atoms with E-state index >= 15 is 0 Å². The van der Waals surface area contributed by atoms with Crippen molar-refractivity contribution in [1.82, 2.24) is 9.78 Å². The van der Waals surface area contributed by atoms with Gasteiger partial charge in [0.1, 0.15) is 4.47 Å². The molecule has 1 aromatic carbocycles. The van der Waals surface area contributed by atoms with Gasteiger partial charge in [0.15, 0.2) is 0 Å². The molecule has 1 saturated carbocycles. The number of H-pyrrole nitrogens is 1. The SMILES string of the molecule is Cc1ccc(Cn2[nH]c(C3CCCC3)c(Br)c2=O)cc1. The van der Waals surface area contributed by atoms with Gasteiger partial charge in [0.05, 0.1) is 12.2 Å². The normalized spacial score (nSPS) is 15.9. The summed E-state index contributed by atoms with van der Waals surface area (Å²) in [6.07, 6.45) is 4.90. The molecule has 1 aromatic heterocycles. The van der Waals surface area contributed by atoms with Gasteiger partial charge in [-0.05, 0) is 41.3 Å². The zero-order valence-corrected chi connectivity index (χ0v) is 13.2. The maximum Gasteiger partial charge on any atom is 0.281 e. The number of rotatable bonds is 3. The van der Waals surface area contributed by atoms with Crippen molar-refractivity contribution in [3.05, 3.63) is 55.9 Å². The van der Waals surface area contributed by atoms with Crippen molar-refractivity contribution in [2.45, 2.75) is 45.1 Å². The van der Waals surface area contributed by atoms with Crippen molar-refractivity contribution in [2.75, 3.05) is 0 Å². The summed E-state index contributed by atoms with van der Waals surface area (Å²) in [5.41, 5.74) is 3.51. The van der Waals surface area contributed by atoms with Crippen LogP contribution in [0.1, 0.15) is 48.4 Å². The topological polar surface area (TPSA) is 37.8 Å². The van der Waals surface area contributed by atoms with Crippen LogP contribution in [-0.2, 0) is 6.54 Å². The third-order valence-corrected chi connectivity index (χ3v) is 4.92. The van der Waals surface area contributed by atoms with Crippen molar-refractivity contribution >= 4 is 15.9 Å². The lowest BCUT2D eigenvalue weighted by Gasteiger charge is -2.07. The summed E-state index contributed by atoms with van der Waals surface area (Å²) >= 11 is 3.47. The van der Waals surface area contributed by atoms with Crippen LogP contribution in [0.15, 0.2) is 33.5 Å². The summed E-state index contributed by atoms with van der Waals surface area (Å²) in [6, 6.07) is 8.31. The predicted octanol–water partition coefficient (Wildman–Crippen LogP) is 3.95. The second kappa shape index (κ2) is 5.60. The van der Waals surface area contributed by atoms with Gasteiger partial charge in [0, 0.05) is 5.92 Å². The lowest BCUT2D eigenvalue weighted by Crippen LogP contribution is -2.17. The first-order valence-electron chi connectivity index (χ1n) is 7.19. The minimum absolute atomic E-state index is 0.0486. The molecule has 3 nitrogen and oxygen atoms in total. The average molecular weight is 335 g/mol. The van der Waals surface area contributed by atoms with Gasteiger partial charge in [-0.2, -0.15) is 0 Å². The lowest BCUT2D eigenvalue weighted by atomic mass is 10.1. The van der Waals surface area contributed by atoms with Crippen molar-refractivity contribution in [2.24, 2.45) is 0 Å². The van der Waals surface area contributed by atoms with Gasteiger partial charge >= 0.3 is 0 Å². The molecule has 1 heterocycles. The van der Waals surface area contributed by atoms with Gasteiger partial charge in [-0.25, -0.2) is 4.68 Å². The lowest BCUT2D eigenvalue weighted by molar-refractivity contribution is 0.618. The Bertz CT molecular complexity index is 648. The number of benzene rings is 1. The summed E-state index contributed by atoms with van der Waals surface area (Å²) in [6.45, 7) is 2.67. The summed E-state index contributed by atoms with van der Waals surface area (Å²) in [5.74, 6) is 0.511. The van der Waals surface area contributed by atoms with E-state index in [0.717, 1.165) is 15.7 Å². The molecule has 0 saturated heterocycles. The maximum atomic E-state index is 12.3. The Labute approximate surface area is 127 Å². The van der Waals surface area contributed by atoms with Crippen molar-refractivity contribution in [3.8, 4) is 0 Å². The molecule has 2 aromatic rings. The first-order chi connectivity index (χ1) is 9.65. The van der Waals surface area contributed by atoms with Crippen LogP contribution < -0.4 is 5.56 Å². The second-order valence-corrected chi connectivity index (χ2v) is 6.49. The van der Waals surface area contributed by atoms with Gasteiger partial charge in [-0.15, -0.1) is 0 Å². The molecule has 0 aliphatic heterocycles. The Morgan fingerprint density at radius 2 is 1.90 bits per heavy atom. The summed E-state index contributed by atoms with van der Waals surface area (Å²) in [5, 5.41) is 3.31. The molecule has 3 rings (SSSR count). The standard InChI is InChI=1S/C16H19BrN2O/c1-11-6-8-12(9-7-11)10-19-16(20)14(17)15(18-19)13-4-2-3-5-13/h6-9,13,18H,2-5,10H2,1H3. The summed E-state index contributed by atoms with van der Waals surface area (Å²) in [7, 11) is 0. The van der Waals surface area contributed by atoms with E-state index in [2.05, 4.69) is 52.2 Å². The van der Waals surface area contributed by atoms with Crippen molar-refractivity contribution in [1.29, 1.82) is 0 Å². The van der Waals surface area contributed by atoms with Crippen LogP contribution in [-0.4, -0.2) is 9.78 Å². The van der Waals surface area contributed by atoms with E-state index in [0.29, 0.717) is 12.5 Å². The largest absolute Gasteiger partial charge is 0.298 e. The molecule has 1 aliphatic rings. The van der Waals surface area contributed by atoms with Crippen LogP contribution >= 0.6 is 15.9 Å². The number of aromatic amines is 1. The second-order valence-electron chi connectivity index (χ2n) is 5.70. The van der Waals surface area contributed by atoms with E-state index < -0.39 is 0 Å². The monoisotopic (exact) mass is 334 g/mol. The first kappa shape index (κ1) is 13.7. The molecule has 20 heavy (non-hydrogen) atoms. The predicted molar refractivity (Wildman–Crippen MR) is 84.2 cm³/mol. The van der Waals surface area contributed by atoms with Crippen LogP contribution in [0.2, 0.25) is 0 Å². The number of aryl methyl sites for hydroxylation is 1. The third-order valence-electron chi connectivity index (χ3n) is 4.15. The van der Waals surface area contributed by atoms with Crippen LogP contribution in [0.3, 0.4) is 0 Å².